The Balaban J connectivity index is 2.01. The Hall–Kier alpha value is -1.96. The number of fused-ring (bicyclic) bond motifs is 1. The molecular weight excluding hydrogens is 212 g/mol. The largest absolute Gasteiger partial charge is 0.294 e. The van der Waals surface area contributed by atoms with Crippen molar-refractivity contribution in [1.29, 1.82) is 0 Å². The van der Waals surface area contributed by atoms with Crippen LogP contribution in [0.25, 0.3) is 0 Å². The van der Waals surface area contributed by atoms with Crippen molar-refractivity contribution in [1.82, 2.24) is 0 Å². The highest BCUT2D eigenvalue weighted by Gasteiger charge is 2.36. The third-order valence-electron chi connectivity index (χ3n) is 3.41. The van der Waals surface area contributed by atoms with Crippen molar-refractivity contribution >= 4 is 11.6 Å². The van der Waals surface area contributed by atoms with E-state index < -0.39 is 0 Å². The highest BCUT2D eigenvalue weighted by atomic mass is 16.1. The van der Waals surface area contributed by atoms with Crippen LogP contribution in [-0.4, -0.2) is 11.6 Å². The summed E-state index contributed by atoms with van der Waals surface area (Å²) in [6, 6.07) is 9.56. The minimum Gasteiger partial charge on any atom is -0.294 e. The number of allylic oxidation sites excluding steroid dienone is 4. The van der Waals surface area contributed by atoms with Crippen molar-refractivity contribution in [2.45, 2.75) is 18.8 Å². The predicted molar refractivity (Wildman–Crippen MR) is 64.6 cm³/mol. The second kappa shape index (κ2) is 3.81. The standard InChI is InChI=1S/C15H12O2/c16-14-9-13(10-5-2-1-3-6-10)15(17)12-8-4-7-11(12)14/h1-3,5-8,13H,4,9H2/t13-/m0/s1. The molecule has 0 heterocycles. The maximum Gasteiger partial charge on any atom is 0.171 e. The van der Waals surface area contributed by atoms with E-state index in [9.17, 15) is 9.59 Å². The van der Waals surface area contributed by atoms with Gasteiger partial charge in [0.25, 0.3) is 0 Å². The van der Waals surface area contributed by atoms with E-state index in [4.69, 9.17) is 0 Å². The van der Waals surface area contributed by atoms with Crippen LogP contribution >= 0.6 is 0 Å². The summed E-state index contributed by atoms with van der Waals surface area (Å²) in [6.07, 6.45) is 4.75. The Kier molecular flexibility index (Phi) is 2.29. The minimum absolute atomic E-state index is 0.0968. The molecule has 0 spiro atoms. The molecule has 1 aromatic rings. The topological polar surface area (TPSA) is 34.1 Å². The third-order valence-corrected chi connectivity index (χ3v) is 3.41. The van der Waals surface area contributed by atoms with E-state index in [1.807, 2.05) is 42.5 Å². The molecule has 0 amide bonds. The van der Waals surface area contributed by atoms with Gasteiger partial charge in [-0.2, -0.15) is 0 Å². The average Bonchev–Trinajstić information content (AvgIpc) is 2.85. The van der Waals surface area contributed by atoms with E-state index in [0.717, 1.165) is 5.56 Å². The van der Waals surface area contributed by atoms with Crippen LogP contribution in [0.5, 0.6) is 0 Å². The van der Waals surface area contributed by atoms with E-state index in [0.29, 0.717) is 24.0 Å². The van der Waals surface area contributed by atoms with Crippen LogP contribution in [0.3, 0.4) is 0 Å². The maximum absolute atomic E-state index is 12.3. The highest BCUT2D eigenvalue weighted by Crippen LogP contribution is 2.36. The lowest BCUT2D eigenvalue weighted by Gasteiger charge is -2.22. The van der Waals surface area contributed by atoms with Crippen LogP contribution in [0.4, 0.5) is 0 Å². The summed E-state index contributed by atoms with van der Waals surface area (Å²) in [7, 11) is 0. The molecule has 0 unspecified atom stereocenters. The van der Waals surface area contributed by atoms with Gasteiger partial charge in [-0.15, -0.1) is 0 Å². The first-order valence-electron chi connectivity index (χ1n) is 5.80. The van der Waals surface area contributed by atoms with Crippen LogP contribution in [0.15, 0.2) is 53.6 Å². The van der Waals surface area contributed by atoms with Gasteiger partial charge in [-0.25, -0.2) is 0 Å². The zero-order valence-electron chi connectivity index (χ0n) is 9.35. The fourth-order valence-electron chi connectivity index (χ4n) is 2.54. The average molecular weight is 224 g/mol. The van der Waals surface area contributed by atoms with E-state index in [2.05, 4.69) is 0 Å². The minimum atomic E-state index is -0.287. The van der Waals surface area contributed by atoms with Gasteiger partial charge in [0.15, 0.2) is 11.6 Å². The molecule has 3 rings (SSSR count). The number of hydrogen-bond acceptors (Lipinski definition) is 2. The second-order valence-corrected chi connectivity index (χ2v) is 4.43. The molecule has 1 fully saturated rings. The van der Waals surface area contributed by atoms with Crippen molar-refractivity contribution in [3.63, 3.8) is 0 Å². The maximum atomic E-state index is 12.3. The summed E-state index contributed by atoms with van der Waals surface area (Å²) >= 11 is 0. The molecule has 0 N–H and O–H groups in total. The van der Waals surface area contributed by atoms with Crippen LogP contribution in [-0.2, 0) is 9.59 Å². The lowest BCUT2D eigenvalue weighted by atomic mass is 9.78. The Morgan fingerprint density at radius 3 is 2.41 bits per heavy atom. The number of ketones is 2. The lowest BCUT2D eigenvalue weighted by molar-refractivity contribution is -0.124. The van der Waals surface area contributed by atoms with Crippen LogP contribution in [0.2, 0.25) is 0 Å². The molecule has 1 saturated carbocycles. The molecule has 84 valence electrons. The summed E-state index contributed by atoms with van der Waals surface area (Å²) in [5.74, 6) is -0.0908. The van der Waals surface area contributed by atoms with Crippen molar-refractivity contribution in [2.75, 3.05) is 0 Å². The van der Waals surface area contributed by atoms with Gasteiger partial charge in [0.2, 0.25) is 0 Å². The Labute approximate surface area is 99.6 Å². The summed E-state index contributed by atoms with van der Waals surface area (Å²) < 4.78 is 0. The zero-order valence-corrected chi connectivity index (χ0v) is 9.35. The number of hydrogen-bond donors (Lipinski definition) is 0. The summed E-state index contributed by atoms with van der Waals surface area (Å²) in [6.45, 7) is 0. The second-order valence-electron chi connectivity index (χ2n) is 4.43. The predicted octanol–water partition coefficient (Wildman–Crippen LogP) is 2.57. The van der Waals surface area contributed by atoms with Crippen LogP contribution in [0.1, 0.15) is 24.3 Å². The van der Waals surface area contributed by atoms with Gasteiger partial charge in [0.1, 0.15) is 0 Å². The summed E-state index contributed by atoms with van der Waals surface area (Å²) in [5.41, 5.74) is 2.22. The highest BCUT2D eigenvalue weighted by molar-refractivity contribution is 6.20. The molecule has 2 nitrogen and oxygen atoms in total. The van der Waals surface area contributed by atoms with Crippen LogP contribution < -0.4 is 0 Å². The van der Waals surface area contributed by atoms with Gasteiger partial charge in [-0.3, -0.25) is 9.59 Å². The number of rotatable bonds is 1. The first-order valence-corrected chi connectivity index (χ1v) is 5.80. The Bertz CT molecular complexity index is 550. The van der Waals surface area contributed by atoms with Crippen molar-refractivity contribution < 1.29 is 9.59 Å². The molecule has 0 aliphatic heterocycles. The van der Waals surface area contributed by atoms with Gasteiger partial charge in [0, 0.05) is 17.6 Å². The summed E-state index contributed by atoms with van der Waals surface area (Å²) in [5, 5.41) is 0. The van der Waals surface area contributed by atoms with E-state index >= 15 is 0 Å². The lowest BCUT2D eigenvalue weighted by Crippen LogP contribution is -2.26. The molecule has 1 aromatic carbocycles. The molecule has 2 aliphatic carbocycles. The summed E-state index contributed by atoms with van der Waals surface area (Å²) in [4.78, 5) is 24.2. The van der Waals surface area contributed by atoms with Crippen molar-refractivity contribution in [2.24, 2.45) is 0 Å². The van der Waals surface area contributed by atoms with Crippen LogP contribution in [0, 0.1) is 0 Å². The molecule has 0 saturated heterocycles. The molecular formula is C15H12O2. The number of Topliss-reactive ketones (excluding diaryl/α,β-unsaturated/α-hetero) is 2. The van der Waals surface area contributed by atoms with E-state index in [1.165, 1.54) is 0 Å². The molecule has 0 aromatic heterocycles. The first-order chi connectivity index (χ1) is 8.27. The van der Waals surface area contributed by atoms with Gasteiger partial charge in [-0.05, 0) is 12.0 Å². The molecule has 0 bridgehead atoms. The first kappa shape index (κ1) is 10.2. The Morgan fingerprint density at radius 2 is 1.65 bits per heavy atom. The Morgan fingerprint density at radius 1 is 0.941 bits per heavy atom. The van der Waals surface area contributed by atoms with E-state index in [1.54, 1.807) is 0 Å². The number of benzene rings is 1. The normalized spacial score (nSPS) is 23.2. The smallest absolute Gasteiger partial charge is 0.171 e. The SMILES string of the molecule is O=C1C[C@@H](c2ccccc2)C(=O)C2=CCC=C12. The number of carbonyl (C=O) groups excluding carboxylic acids is 2. The van der Waals surface area contributed by atoms with Gasteiger partial charge >= 0.3 is 0 Å². The van der Waals surface area contributed by atoms with E-state index in [-0.39, 0.29) is 17.5 Å². The molecule has 0 radical (unpaired) electrons. The molecule has 2 aliphatic rings. The quantitative estimate of drug-likeness (QED) is 0.734. The molecule has 17 heavy (non-hydrogen) atoms. The van der Waals surface area contributed by atoms with Gasteiger partial charge in [0.05, 0.1) is 5.92 Å². The zero-order chi connectivity index (χ0) is 11.8. The van der Waals surface area contributed by atoms with Crippen molar-refractivity contribution in [3.8, 4) is 0 Å². The molecule has 2 heteroatoms. The monoisotopic (exact) mass is 224 g/mol. The third kappa shape index (κ3) is 1.57. The van der Waals surface area contributed by atoms with Crippen molar-refractivity contribution in [3.05, 3.63) is 59.2 Å². The van der Waals surface area contributed by atoms with Gasteiger partial charge < -0.3 is 0 Å². The van der Waals surface area contributed by atoms with Gasteiger partial charge in [-0.1, -0.05) is 42.5 Å². The fraction of sp³-hybridized carbons (Fsp3) is 0.200. The fourth-order valence-corrected chi connectivity index (χ4v) is 2.54. The molecule has 1 atom stereocenters. The number of carbonyl (C=O) groups is 2.